The molecule has 1 aromatic heterocycles. The van der Waals surface area contributed by atoms with Crippen LogP contribution in [-0.2, 0) is 9.53 Å². The molecule has 1 amide bonds. The molecule has 2 fully saturated rings. The van der Waals surface area contributed by atoms with Crippen LogP contribution in [0.2, 0.25) is 5.02 Å². The van der Waals surface area contributed by atoms with Gasteiger partial charge in [-0.05, 0) is 49.9 Å². The highest BCUT2D eigenvalue weighted by atomic mass is 35.5. The van der Waals surface area contributed by atoms with Crippen molar-refractivity contribution in [3.8, 4) is 0 Å². The molecule has 0 radical (unpaired) electrons. The Morgan fingerprint density at radius 1 is 1.32 bits per heavy atom. The number of aryl methyl sites for hydroxylation is 1. The van der Waals surface area contributed by atoms with E-state index in [1.807, 2.05) is 31.2 Å². The van der Waals surface area contributed by atoms with E-state index in [4.69, 9.17) is 22.1 Å². The van der Waals surface area contributed by atoms with Gasteiger partial charge in [0.2, 0.25) is 11.9 Å². The molecule has 2 aromatic rings. The van der Waals surface area contributed by atoms with Crippen molar-refractivity contribution in [1.82, 2.24) is 9.97 Å². The molecule has 1 saturated carbocycles. The molecule has 1 aliphatic carbocycles. The second kappa shape index (κ2) is 7.93. The summed E-state index contributed by atoms with van der Waals surface area (Å²) in [5, 5.41) is 3.62. The number of hydrogen-bond donors (Lipinski definition) is 2. The maximum absolute atomic E-state index is 12.2. The van der Waals surface area contributed by atoms with Gasteiger partial charge in [-0.2, -0.15) is 4.98 Å². The van der Waals surface area contributed by atoms with Crippen molar-refractivity contribution in [2.24, 2.45) is 5.92 Å². The first-order chi connectivity index (χ1) is 13.5. The molecule has 1 saturated heterocycles. The quantitative estimate of drug-likeness (QED) is 0.816. The summed E-state index contributed by atoms with van der Waals surface area (Å²) < 4.78 is 5.84. The van der Waals surface area contributed by atoms with E-state index in [-0.39, 0.29) is 23.8 Å². The van der Waals surface area contributed by atoms with Gasteiger partial charge in [0, 0.05) is 41.5 Å². The number of nitrogen functional groups attached to an aromatic ring is 1. The lowest BCUT2D eigenvalue weighted by atomic mass is 10.0. The van der Waals surface area contributed by atoms with Crippen molar-refractivity contribution in [2.75, 3.05) is 35.7 Å². The molecule has 28 heavy (non-hydrogen) atoms. The van der Waals surface area contributed by atoms with Gasteiger partial charge < -0.3 is 20.7 Å². The topological polar surface area (TPSA) is 93.4 Å². The standard InChI is InChI=1S/C20H24ClN5O2/c1-12-9-18(25-20(22)23-12)26-7-2-8-28-11-17(26)15-10-14(5-6-16(15)21)24-19(27)13-3-4-13/h5-6,9-10,13,17H,2-4,7-8,11H2,1H3,(H,24,27)(H2,22,23,25)/t17-/m0/s1. The molecule has 2 heterocycles. The van der Waals surface area contributed by atoms with E-state index >= 15 is 0 Å². The molecule has 1 aliphatic heterocycles. The van der Waals surface area contributed by atoms with E-state index in [0.29, 0.717) is 18.2 Å². The molecule has 148 valence electrons. The third-order valence-corrected chi connectivity index (χ3v) is 5.41. The first kappa shape index (κ1) is 19.0. The summed E-state index contributed by atoms with van der Waals surface area (Å²) in [4.78, 5) is 22.9. The first-order valence-electron chi connectivity index (χ1n) is 9.57. The Labute approximate surface area is 169 Å². The summed E-state index contributed by atoms with van der Waals surface area (Å²) in [5.74, 6) is 1.21. The number of nitrogens with zero attached hydrogens (tertiary/aromatic N) is 3. The van der Waals surface area contributed by atoms with Crippen LogP contribution in [0.25, 0.3) is 0 Å². The highest BCUT2D eigenvalue weighted by Gasteiger charge is 2.30. The molecule has 0 unspecified atom stereocenters. The van der Waals surface area contributed by atoms with Crippen molar-refractivity contribution in [1.29, 1.82) is 0 Å². The van der Waals surface area contributed by atoms with E-state index in [2.05, 4.69) is 20.2 Å². The summed E-state index contributed by atoms with van der Waals surface area (Å²) >= 11 is 6.56. The van der Waals surface area contributed by atoms with Crippen LogP contribution in [0.4, 0.5) is 17.5 Å². The Hall–Kier alpha value is -2.38. The maximum atomic E-state index is 12.2. The molecular weight excluding hydrogens is 378 g/mol. The molecule has 8 heteroatoms. The average molecular weight is 402 g/mol. The highest BCUT2D eigenvalue weighted by Crippen LogP contribution is 2.35. The van der Waals surface area contributed by atoms with E-state index in [1.54, 1.807) is 0 Å². The Morgan fingerprint density at radius 2 is 2.14 bits per heavy atom. The molecule has 2 aliphatic rings. The number of hydrogen-bond acceptors (Lipinski definition) is 6. The SMILES string of the molecule is Cc1cc(N2CCCOC[C@H]2c2cc(NC(=O)C3CC3)ccc2Cl)nc(N)n1. The third-order valence-electron chi connectivity index (χ3n) is 5.06. The Balaban J connectivity index is 1.68. The predicted octanol–water partition coefficient (Wildman–Crippen LogP) is 3.34. The molecule has 1 atom stereocenters. The minimum Gasteiger partial charge on any atom is -0.379 e. The van der Waals surface area contributed by atoms with Gasteiger partial charge in [0.15, 0.2) is 0 Å². The number of carbonyl (C=O) groups excluding carboxylic acids is 1. The van der Waals surface area contributed by atoms with Gasteiger partial charge >= 0.3 is 0 Å². The van der Waals surface area contributed by atoms with Crippen LogP contribution in [-0.4, -0.2) is 35.6 Å². The molecule has 0 spiro atoms. The van der Waals surface area contributed by atoms with Crippen molar-refractivity contribution in [2.45, 2.75) is 32.2 Å². The Kier molecular flexibility index (Phi) is 5.37. The second-order valence-electron chi connectivity index (χ2n) is 7.36. The zero-order valence-electron chi connectivity index (χ0n) is 15.8. The Morgan fingerprint density at radius 3 is 2.89 bits per heavy atom. The van der Waals surface area contributed by atoms with Gasteiger partial charge in [-0.1, -0.05) is 11.6 Å². The number of nitrogens with one attached hydrogen (secondary N) is 1. The maximum Gasteiger partial charge on any atom is 0.227 e. The molecule has 7 nitrogen and oxygen atoms in total. The summed E-state index contributed by atoms with van der Waals surface area (Å²) in [6.07, 6.45) is 2.80. The normalized spacial score (nSPS) is 19.9. The van der Waals surface area contributed by atoms with Crippen molar-refractivity contribution in [3.63, 3.8) is 0 Å². The van der Waals surface area contributed by atoms with Crippen LogP contribution in [0.5, 0.6) is 0 Å². The van der Waals surface area contributed by atoms with Crippen LogP contribution in [0, 0.1) is 12.8 Å². The number of nitrogens with two attached hydrogens (primary N) is 1. The lowest BCUT2D eigenvalue weighted by Gasteiger charge is -2.31. The monoisotopic (exact) mass is 401 g/mol. The van der Waals surface area contributed by atoms with Gasteiger partial charge in [-0.25, -0.2) is 4.98 Å². The lowest BCUT2D eigenvalue weighted by molar-refractivity contribution is -0.117. The second-order valence-corrected chi connectivity index (χ2v) is 7.77. The first-order valence-corrected chi connectivity index (χ1v) is 9.95. The number of rotatable bonds is 4. The summed E-state index contributed by atoms with van der Waals surface area (Å²) in [5.41, 5.74) is 8.33. The molecule has 0 bridgehead atoms. The molecule has 4 rings (SSSR count). The van der Waals surface area contributed by atoms with E-state index in [1.165, 1.54) is 0 Å². The molecule has 1 aromatic carbocycles. The lowest BCUT2D eigenvalue weighted by Crippen LogP contribution is -2.32. The smallest absolute Gasteiger partial charge is 0.227 e. The van der Waals surface area contributed by atoms with Gasteiger partial charge in [-0.15, -0.1) is 0 Å². The number of halogens is 1. The van der Waals surface area contributed by atoms with Crippen LogP contribution in [0.1, 0.15) is 36.6 Å². The largest absolute Gasteiger partial charge is 0.379 e. The molecular formula is C20H24ClN5O2. The summed E-state index contributed by atoms with van der Waals surface area (Å²) in [7, 11) is 0. The number of carbonyl (C=O) groups is 1. The zero-order valence-corrected chi connectivity index (χ0v) is 16.6. The minimum atomic E-state index is -0.138. The van der Waals surface area contributed by atoms with E-state index in [0.717, 1.165) is 48.6 Å². The fraction of sp³-hybridized carbons (Fsp3) is 0.450. The fourth-order valence-corrected chi connectivity index (χ4v) is 3.74. The summed E-state index contributed by atoms with van der Waals surface area (Å²) in [6.45, 7) is 3.80. The van der Waals surface area contributed by atoms with E-state index < -0.39 is 0 Å². The fourth-order valence-electron chi connectivity index (χ4n) is 3.50. The zero-order chi connectivity index (χ0) is 19.7. The molecule has 3 N–H and O–H groups in total. The van der Waals surface area contributed by atoms with Crippen LogP contribution in [0.3, 0.4) is 0 Å². The van der Waals surface area contributed by atoms with Gasteiger partial charge in [0.25, 0.3) is 0 Å². The van der Waals surface area contributed by atoms with E-state index in [9.17, 15) is 4.79 Å². The average Bonchev–Trinajstić information content (AvgIpc) is 3.49. The van der Waals surface area contributed by atoms with Crippen molar-refractivity contribution in [3.05, 3.63) is 40.5 Å². The van der Waals surface area contributed by atoms with Gasteiger partial charge in [0.05, 0.1) is 12.6 Å². The third kappa shape index (κ3) is 4.20. The highest BCUT2D eigenvalue weighted by molar-refractivity contribution is 6.31. The van der Waals surface area contributed by atoms with Gasteiger partial charge in [0.1, 0.15) is 5.82 Å². The number of aromatic nitrogens is 2. The van der Waals surface area contributed by atoms with Crippen LogP contribution in [0.15, 0.2) is 24.3 Å². The number of ether oxygens (including phenoxy) is 1. The van der Waals surface area contributed by atoms with Gasteiger partial charge in [-0.3, -0.25) is 4.79 Å². The summed E-state index contributed by atoms with van der Waals surface area (Å²) in [6, 6.07) is 7.37. The predicted molar refractivity (Wildman–Crippen MR) is 110 cm³/mol. The van der Waals surface area contributed by atoms with Crippen LogP contribution >= 0.6 is 11.6 Å². The Bertz CT molecular complexity index is 867. The number of benzene rings is 1. The van der Waals surface area contributed by atoms with Crippen molar-refractivity contribution >= 4 is 35.0 Å². The van der Waals surface area contributed by atoms with Crippen LogP contribution < -0.4 is 16.0 Å². The van der Waals surface area contributed by atoms with Crippen molar-refractivity contribution < 1.29 is 9.53 Å². The number of anilines is 3. The number of amides is 1. The minimum absolute atomic E-state index is 0.0708.